The number of anilines is 1. The number of para-hydroxylation sites is 1. The summed E-state index contributed by atoms with van der Waals surface area (Å²) in [5.41, 5.74) is 4.12. The van der Waals surface area contributed by atoms with E-state index in [1.165, 1.54) is 17.5 Å². The van der Waals surface area contributed by atoms with E-state index in [0.717, 1.165) is 91.4 Å². The normalized spacial score (nSPS) is 16.6. The maximum absolute atomic E-state index is 13.2. The van der Waals surface area contributed by atoms with Gasteiger partial charge in [-0.15, -0.1) is 0 Å². The largest absolute Gasteiger partial charge is 0.498 e. The molecule has 0 atom stereocenters. The number of hydrogen-bond acceptors (Lipinski definition) is 6. The summed E-state index contributed by atoms with van der Waals surface area (Å²) in [7, 11) is 0. The van der Waals surface area contributed by atoms with Crippen molar-refractivity contribution in [3.63, 3.8) is 0 Å². The molecule has 0 spiro atoms. The second-order valence-corrected chi connectivity index (χ2v) is 10.3. The van der Waals surface area contributed by atoms with E-state index in [1.807, 2.05) is 54.4 Å². The van der Waals surface area contributed by atoms with Crippen LogP contribution < -0.4 is 4.72 Å². The fourth-order valence-corrected chi connectivity index (χ4v) is 5.63. The van der Waals surface area contributed by atoms with Gasteiger partial charge in [-0.3, -0.25) is 14.7 Å². The third-order valence-corrected chi connectivity index (χ3v) is 7.72. The summed E-state index contributed by atoms with van der Waals surface area (Å²) < 4.78 is 9.02. The molecular weight excluding hydrogens is 480 g/mol. The Bertz CT molecular complexity index is 1280. The van der Waals surface area contributed by atoms with Crippen molar-refractivity contribution in [2.75, 3.05) is 44.1 Å². The van der Waals surface area contributed by atoms with Gasteiger partial charge in [0.1, 0.15) is 0 Å². The number of amides is 1. The van der Waals surface area contributed by atoms with Crippen LogP contribution in [-0.4, -0.2) is 60.0 Å². The minimum Gasteiger partial charge on any atom is -0.498 e. The summed E-state index contributed by atoms with van der Waals surface area (Å²) in [4.78, 5) is 23.3. The minimum atomic E-state index is 0.112. The third kappa shape index (κ3) is 6.53. The molecule has 0 radical (unpaired) electrons. The Hall–Kier alpha value is -3.29. The quantitative estimate of drug-likeness (QED) is 0.364. The van der Waals surface area contributed by atoms with Gasteiger partial charge < -0.3 is 14.4 Å². The Kier molecular flexibility index (Phi) is 8.43. The lowest BCUT2D eigenvalue weighted by atomic mass is 10.0. The first kappa shape index (κ1) is 25.4. The number of fused-ring (bicyclic) bond motifs is 1. The molecule has 37 heavy (non-hydrogen) atoms. The number of carbonyl (C=O) groups excluding carboxylic acids is 1. The number of ether oxygens (including phenoxy) is 1. The van der Waals surface area contributed by atoms with Crippen molar-refractivity contribution >= 4 is 34.4 Å². The van der Waals surface area contributed by atoms with Crippen molar-refractivity contribution in [1.29, 1.82) is 0 Å². The summed E-state index contributed by atoms with van der Waals surface area (Å²) in [6, 6.07) is 18.0. The lowest BCUT2D eigenvalue weighted by molar-refractivity contribution is 0.0762. The molecule has 1 fully saturated rings. The molecule has 2 aromatic carbocycles. The number of nitrogens with one attached hydrogen (secondary N) is 1. The summed E-state index contributed by atoms with van der Waals surface area (Å²) >= 11 is 1.54. The van der Waals surface area contributed by atoms with Crippen LogP contribution in [0.2, 0.25) is 0 Å². The van der Waals surface area contributed by atoms with Crippen LogP contribution in [0, 0.1) is 0 Å². The number of benzene rings is 2. The molecule has 2 aliphatic rings. The van der Waals surface area contributed by atoms with Crippen molar-refractivity contribution in [3.05, 3.63) is 89.8 Å². The molecule has 1 aliphatic heterocycles. The number of hydrogen-bond donors (Lipinski definition) is 1. The van der Waals surface area contributed by atoms with E-state index >= 15 is 0 Å². The highest BCUT2D eigenvalue weighted by atomic mass is 32.2. The van der Waals surface area contributed by atoms with E-state index in [0.29, 0.717) is 0 Å². The van der Waals surface area contributed by atoms with Gasteiger partial charge in [-0.05, 0) is 74.2 Å². The lowest BCUT2D eigenvalue weighted by Gasteiger charge is -2.24. The minimum absolute atomic E-state index is 0.112. The highest BCUT2D eigenvalue weighted by molar-refractivity contribution is 8.00. The Balaban J connectivity index is 1.14. The highest BCUT2D eigenvalue weighted by Gasteiger charge is 2.21. The van der Waals surface area contributed by atoms with Gasteiger partial charge in [-0.1, -0.05) is 29.8 Å². The van der Waals surface area contributed by atoms with Crippen LogP contribution in [0.3, 0.4) is 0 Å². The molecule has 1 aromatic heterocycles. The van der Waals surface area contributed by atoms with E-state index in [4.69, 9.17) is 4.74 Å². The van der Waals surface area contributed by atoms with Gasteiger partial charge in [-0.2, -0.15) is 0 Å². The monoisotopic (exact) mass is 514 g/mol. The summed E-state index contributed by atoms with van der Waals surface area (Å²) in [6.07, 6.45) is 9.19. The Labute approximate surface area is 223 Å². The number of aromatic nitrogens is 1. The smallest absolute Gasteiger partial charge is 0.253 e. The van der Waals surface area contributed by atoms with Crippen LogP contribution in [0.5, 0.6) is 0 Å². The van der Waals surface area contributed by atoms with Gasteiger partial charge in [0.25, 0.3) is 5.91 Å². The lowest BCUT2D eigenvalue weighted by Crippen LogP contribution is -2.35. The van der Waals surface area contributed by atoms with E-state index in [2.05, 4.69) is 45.0 Å². The standard InChI is InChI=1S/C30H34N4O2S/c1-2-36-27-15-9-23(10-16-27)22-33-18-5-19-34(21-20-33)30(35)25-11-13-26(14-12-25)32-37-28-8-3-6-24-7-4-17-31-29(24)28/h3-4,6-9,11-15,17,32H,2,5,10,16,18-22H2,1H3. The maximum Gasteiger partial charge on any atom is 0.253 e. The van der Waals surface area contributed by atoms with Crippen molar-refractivity contribution in [2.24, 2.45) is 0 Å². The molecule has 1 saturated heterocycles. The molecule has 1 amide bonds. The Morgan fingerprint density at radius 2 is 1.86 bits per heavy atom. The van der Waals surface area contributed by atoms with E-state index < -0.39 is 0 Å². The number of nitrogens with zero attached hydrogens (tertiary/aromatic N) is 3. The fraction of sp³-hybridized carbons (Fsp3) is 0.333. The van der Waals surface area contributed by atoms with Crippen molar-refractivity contribution in [3.8, 4) is 0 Å². The van der Waals surface area contributed by atoms with Gasteiger partial charge in [0.15, 0.2) is 0 Å². The number of allylic oxidation sites excluding steroid dienone is 3. The van der Waals surface area contributed by atoms with Gasteiger partial charge in [-0.25, -0.2) is 0 Å². The zero-order chi connectivity index (χ0) is 25.5. The van der Waals surface area contributed by atoms with Gasteiger partial charge in [0.2, 0.25) is 0 Å². The first-order valence-corrected chi connectivity index (χ1v) is 13.9. The van der Waals surface area contributed by atoms with Crippen LogP contribution in [0.15, 0.2) is 89.2 Å². The zero-order valence-corrected chi connectivity index (χ0v) is 22.2. The highest BCUT2D eigenvalue weighted by Crippen LogP contribution is 2.27. The molecule has 2 heterocycles. The molecule has 1 aliphatic carbocycles. The van der Waals surface area contributed by atoms with E-state index in [-0.39, 0.29) is 5.91 Å². The average molecular weight is 515 g/mol. The van der Waals surface area contributed by atoms with Crippen LogP contribution in [0.25, 0.3) is 10.9 Å². The van der Waals surface area contributed by atoms with E-state index in [1.54, 1.807) is 0 Å². The predicted octanol–water partition coefficient (Wildman–Crippen LogP) is 6.14. The average Bonchev–Trinajstić information content (AvgIpc) is 3.18. The molecule has 0 unspecified atom stereocenters. The van der Waals surface area contributed by atoms with Crippen LogP contribution in [0.1, 0.15) is 36.5 Å². The van der Waals surface area contributed by atoms with Crippen molar-refractivity contribution in [1.82, 2.24) is 14.8 Å². The van der Waals surface area contributed by atoms with Crippen molar-refractivity contribution < 1.29 is 9.53 Å². The fourth-order valence-electron chi connectivity index (χ4n) is 4.85. The summed E-state index contributed by atoms with van der Waals surface area (Å²) in [5.74, 6) is 1.20. The van der Waals surface area contributed by atoms with E-state index in [9.17, 15) is 4.79 Å². The third-order valence-electron chi connectivity index (χ3n) is 6.84. The molecule has 0 bridgehead atoms. The second-order valence-electron chi connectivity index (χ2n) is 9.43. The predicted molar refractivity (Wildman–Crippen MR) is 152 cm³/mol. The molecule has 5 rings (SSSR count). The van der Waals surface area contributed by atoms with Gasteiger partial charge in [0.05, 0.1) is 22.8 Å². The Morgan fingerprint density at radius 1 is 1.00 bits per heavy atom. The first-order chi connectivity index (χ1) is 18.2. The molecule has 192 valence electrons. The summed E-state index contributed by atoms with van der Waals surface area (Å²) in [6.45, 7) is 7.21. The molecule has 0 saturated carbocycles. The summed E-state index contributed by atoms with van der Waals surface area (Å²) in [5, 5.41) is 1.12. The van der Waals surface area contributed by atoms with Crippen LogP contribution >= 0.6 is 11.9 Å². The van der Waals surface area contributed by atoms with Gasteiger partial charge in [0, 0.05) is 62.0 Å². The molecule has 7 heteroatoms. The Morgan fingerprint density at radius 3 is 2.68 bits per heavy atom. The number of carbonyl (C=O) groups is 1. The van der Waals surface area contributed by atoms with Crippen molar-refractivity contribution in [2.45, 2.75) is 31.1 Å². The first-order valence-electron chi connectivity index (χ1n) is 13.1. The van der Waals surface area contributed by atoms with Crippen LogP contribution in [0.4, 0.5) is 5.69 Å². The maximum atomic E-state index is 13.2. The second kappa shape index (κ2) is 12.3. The molecular formula is C30H34N4O2S. The number of rotatable bonds is 8. The molecule has 3 aromatic rings. The zero-order valence-electron chi connectivity index (χ0n) is 21.4. The SMILES string of the molecule is CCOC1=CC=C(CN2CCCN(C(=O)c3ccc(NSc4cccc5cccnc45)cc3)CC2)CC1. The number of pyridine rings is 1. The molecule has 1 N–H and O–H groups in total. The molecule has 6 nitrogen and oxygen atoms in total. The van der Waals surface area contributed by atoms with Gasteiger partial charge >= 0.3 is 0 Å². The van der Waals surface area contributed by atoms with Crippen LogP contribution in [-0.2, 0) is 4.74 Å². The topological polar surface area (TPSA) is 57.7 Å².